The highest BCUT2D eigenvalue weighted by molar-refractivity contribution is 8.00. The summed E-state index contributed by atoms with van der Waals surface area (Å²) in [4.78, 5) is 12.8. The molecule has 3 N–H and O–H groups in total. The average molecular weight is 408 g/mol. The van der Waals surface area contributed by atoms with Crippen LogP contribution in [0.3, 0.4) is 0 Å². The van der Waals surface area contributed by atoms with E-state index in [2.05, 4.69) is 33.7 Å². The zero-order valence-corrected chi connectivity index (χ0v) is 17.4. The second-order valence-electron chi connectivity index (χ2n) is 7.45. The molecule has 2 atom stereocenters. The standard InChI is InChI=1S/C22H25N5OS/c1-14-10-12-17(13-11-14)20-25-26-22(27(20)23)29-15(2)21(28)24-19-9-5-7-16-6-3-4-8-18(16)19/h3-4,6,8,10-13,15,19H,5,7,9,23H2,1-2H3,(H,24,28)/t15-,19-/m0/s1. The second kappa shape index (κ2) is 8.29. The minimum atomic E-state index is -0.332. The fourth-order valence-electron chi connectivity index (χ4n) is 3.66. The van der Waals surface area contributed by atoms with Crippen LogP contribution in [0.5, 0.6) is 0 Å². The highest BCUT2D eigenvalue weighted by Gasteiger charge is 2.25. The highest BCUT2D eigenvalue weighted by atomic mass is 32.2. The van der Waals surface area contributed by atoms with Gasteiger partial charge in [-0.05, 0) is 44.2 Å². The van der Waals surface area contributed by atoms with Crippen molar-refractivity contribution in [2.45, 2.75) is 49.6 Å². The van der Waals surface area contributed by atoms with Crippen molar-refractivity contribution in [2.75, 3.05) is 5.84 Å². The van der Waals surface area contributed by atoms with Gasteiger partial charge in [0.15, 0.2) is 5.82 Å². The molecular formula is C22H25N5OS. The van der Waals surface area contributed by atoms with Crippen LogP contribution in [-0.4, -0.2) is 26.0 Å². The third-order valence-electron chi connectivity index (χ3n) is 5.31. The zero-order valence-electron chi connectivity index (χ0n) is 16.6. The number of nitrogens with one attached hydrogen (secondary N) is 1. The third-order valence-corrected chi connectivity index (χ3v) is 6.37. The molecule has 7 heteroatoms. The van der Waals surface area contributed by atoms with Crippen molar-refractivity contribution in [3.05, 3.63) is 65.2 Å². The summed E-state index contributed by atoms with van der Waals surface area (Å²) in [7, 11) is 0. The molecule has 4 rings (SSSR count). The highest BCUT2D eigenvalue weighted by Crippen LogP contribution is 2.31. The van der Waals surface area contributed by atoms with Crippen molar-refractivity contribution in [2.24, 2.45) is 0 Å². The van der Waals surface area contributed by atoms with E-state index in [1.807, 2.05) is 44.2 Å². The van der Waals surface area contributed by atoms with Crippen molar-refractivity contribution in [3.63, 3.8) is 0 Å². The number of nitrogens with zero attached hydrogens (tertiary/aromatic N) is 3. The molecule has 0 fully saturated rings. The lowest BCUT2D eigenvalue weighted by molar-refractivity contribution is -0.121. The van der Waals surface area contributed by atoms with Gasteiger partial charge >= 0.3 is 0 Å². The first kappa shape index (κ1) is 19.5. The number of nitrogens with two attached hydrogens (primary N) is 1. The van der Waals surface area contributed by atoms with Gasteiger partial charge in [0.1, 0.15) is 0 Å². The van der Waals surface area contributed by atoms with E-state index in [1.54, 1.807) is 0 Å². The van der Waals surface area contributed by atoms with Gasteiger partial charge in [-0.1, -0.05) is 65.9 Å². The minimum absolute atomic E-state index is 0.0170. The van der Waals surface area contributed by atoms with Crippen LogP contribution < -0.4 is 11.2 Å². The Bertz CT molecular complexity index is 1010. The number of benzene rings is 2. The van der Waals surface area contributed by atoms with Crippen LogP contribution in [0.1, 0.15) is 42.5 Å². The van der Waals surface area contributed by atoms with E-state index in [4.69, 9.17) is 5.84 Å². The van der Waals surface area contributed by atoms with Gasteiger partial charge in [-0.3, -0.25) is 4.79 Å². The predicted molar refractivity (Wildman–Crippen MR) is 116 cm³/mol. The molecule has 150 valence electrons. The summed E-state index contributed by atoms with van der Waals surface area (Å²) in [5, 5.41) is 11.8. The van der Waals surface area contributed by atoms with Crippen molar-refractivity contribution in [1.82, 2.24) is 20.2 Å². The first-order valence-electron chi connectivity index (χ1n) is 9.85. The van der Waals surface area contributed by atoms with Gasteiger partial charge in [-0.2, -0.15) is 0 Å². The Balaban J connectivity index is 1.44. The van der Waals surface area contributed by atoms with E-state index >= 15 is 0 Å². The molecule has 1 aliphatic rings. The Morgan fingerprint density at radius 2 is 1.97 bits per heavy atom. The van der Waals surface area contributed by atoms with E-state index in [-0.39, 0.29) is 17.2 Å². The van der Waals surface area contributed by atoms with E-state index < -0.39 is 0 Å². The number of thioether (sulfide) groups is 1. The van der Waals surface area contributed by atoms with Crippen molar-refractivity contribution < 1.29 is 4.79 Å². The summed E-state index contributed by atoms with van der Waals surface area (Å²) in [6.45, 7) is 3.90. The molecule has 0 bridgehead atoms. The molecule has 6 nitrogen and oxygen atoms in total. The van der Waals surface area contributed by atoms with Gasteiger partial charge in [0, 0.05) is 5.56 Å². The maximum Gasteiger partial charge on any atom is 0.233 e. The number of aryl methyl sites for hydroxylation is 2. The Hall–Kier alpha value is -2.80. The SMILES string of the molecule is Cc1ccc(-c2nnc(S[C@@H](C)C(=O)N[C@H]3CCCc4ccccc43)n2N)cc1. The fourth-order valence-corrected chi connectivity index (χ4v) is 4.44. The van der Waals surface area contributed by atoms with Crippen LogP contribution in [0, 0.1) is 6.92 Å². The van der Waals surface area contributed by atoms with Gasteiger partial charge in [0.05, 0.1) is 11.3 Å². The topological polar surface area (TPSA) is 85.8 Å². The molecule has 0 radical (unpaired) electrons. The number of carbonyl (C=O) groups is 1. The summed E-state index contributed by atoms with van der Waals surface area (Å²) in [6, 6.07) is 16.4. The van der Waals surface area contributed by atoms with E-state index in [1.165, 1.54) is 33.1 Å². The number of hydrogen-bond donors (Lipinski definition) is 2. The van der Waals surface area contributed by atoms with Crippen LogP contribution in [0.4, 0.5) is 0 Å². The molecule has 0 spiro atoms. The van der Waals surface area contributed by atoms with E-state index in [9.17, 15) is 4.79 Å². The zero-order chi connectivity index (χ0) is 20.4. The Kier molecular flexibility index (Phi) is 5.58. The van der Waals surface area contributed by atoms with E-state index in [0.29, 0.717) is 11.0 Å². The molecule has 3 aromatic rings. The summed E-state index contributed by atoms with van der Waals surface area (Å²) < 4.78 is 1.45. The summed E-state index contributed by atoms with van der Waals surface area (Å²) >= 11 is 1.32. The van der Waals surface area contributed by atoms with E-state index in [0.717, 1.165) is 24.8 Å². The number of hydrogen-bond acceptors (Lipinski definition) is 5. The number of aromatic nitrogens is 3. The van der Waals surface area contributed by atoms with Gasteiger partial charge in [0.2, 0.25) is 11.1 Å². The van der Waals surface area contributed by atoms with Crippen molar-refractivity contribution >= 4 is 17.7 Å². The molecule has 1 aromatic heterocycles. The van der Waals surface area contributed by atoms with Crippen LogP contribution in [-0.2, 0) is 11.2 Å². The quantitative estimate of drug-likeness (QED) is 0.498. The second-order valence-corrected chi connectivity index (χ2v) is 8.76. The number of rotatable bonds is 5. The van der Waals surface area contributed by atoms with Crippen molar-refractivity contribution in [3.8, 4) is 11.4 Å². The van der Waals surface area contributed by atoms with Crippen LogP contribution in [0.2, 0.25) is 0 Å². The number of carbonyl (C=O) groups excluding carboxylic acids is 1. The third kappa shape index (κ3) is 4.15. The number of amides is 1. The lowest BCUT2D eigenvalue weighted by atomic mass is 9.88. The largest absolute Gasteiger partial charge is 0.348 e. The maximum absolute atomic E-state index is 12.8. The maximum atomic E-state index is 12.8. The summed E-state index contributed by atoms with van der Waals surface area (Å²) in [5.74, 6) is 6.78. The Morgan fingerprint density at radius 1 is 1.21 bits per heavy atom. The van der Waals surface area contributed by atoms with Gasteiger partial charge in [-0.15, -0.1) is 10.2 Å². The molecule has 0 saturated heterocycles. The molecule has 1 amide bonds. The molecular weight excluding hydrogens is 382 g/mol. The number of fused-ring (bicyclic) bond motifs is 1. The van der Waals surface area contributed by atoms with Gasteiger partial charge < -0.3 is 11.2 Å². The first-order chi connectivity index (χ1) is 14.0. The first-order valence-corrected chi connectivity index (χ1v) is 10.7. The fraction of sp³-hybridized carbons (Fsp3) is 0.318. The Morgan fingerprint density at radius 3 is 2.76 bits per heavy atom. The lowest BCUT2D eigenvalue weighted by Gasteiger charge is -2.27. The molecule has 1 aliphatic carbocycles. The van der Waals surface area contributed by atoms with Gasteiger partial charge in [0.25, 0.3) is 0 Å². The average Bonchev–Trinajstić information content (AvgIpc) is 3.09. The molecule has 1 heterocycles. The van der Waals surface area contributed by atoms with Crippen molar-refractivity contribution in [1.29, 1.82) is 0 Å². The normalized spacial score (nSPS) is 16.8. The minimum Gasteiger partial charge on any atom is -0.348 e. The smallest absolute Gasteiger partial charge is 0.233 e. The predicted octanol–water partition coefficient (Wildman–Crippen LogP) is 3.64. The summed E-state index contributed by atoms with van der Waals surface area (Å²) in [5.41, 5.74) is 4.62. The monoisotopic (exact) mass is 407 g/mol. The molecule has 29 heavy (non-hydrogen) atoms. The van der Waals surface area contributed by atoms with Gasteiger partial charge in [-0.25, -0.2) is 4.68 Å². The molecule has 0 aliphatic heterocycles. The lowest BCUT2D eigenvalue weighted by Crippen LogP contribution is -2.36. The van der Waals surface area contributed by atoms with Crippen LogP contribution >= 0.6 is 11.8 Å². The number of nitrogen functional groups attached to an aromatic ring is 1. The molecule has 2 aromatic carbocycles. The molecule has 0 saturated carbocycles. The Labute approximate surface area is 174 Å². The summed E-state index contributed by atoms with van der Waals surface area (Å²) in [6.07, 6.45) is 3.12. The van der Waals surface area contributed by atoms with Crippen LogP contribution in [0.15, 0.2) is 53.7 Å². The molecule has 0 unspecified atom stereocenters. The van der Waals surface area contributed by atoms with Crippen LogP contribution in [0.25, 0.3) is 11.4 Å².